The fraction of sp³-hybridized carbons (Fsp3) is 0.692. The van der Waals surface area contributed by atoms with E-state index in [9.17, 15) is 9.59 Å². The number of hydrogen-bond donors (Lipinski definition) is 2. The molecule has 0 aromatic carbocycles. The summed E-state index contributed by atoms with van der Waals surface area (Å²) in [7, 11) is 0. The van der Waals surface area contributed by atoms with E-state index in [1.807, 2.05) is 6.92 Å². The fourth-order valence-corrected chi connectivity index (χ4v) is 1.15. The maximum absolute atomic E-state index is 11.3. The molecule has 1 atom stereocenters. The van der Waals surface area contributed by atoms with Gasteiger partial charge in [-0.15, -0.1) is 0 Å². The third-order valence-corrected chi connectivity index (χ3v) is 1.86. The Balaban J connectivity index is 3.80. The summed E-state index contributed by atoms with van der Waals surface area (Å²) in [5.74, 6) is 4.61. The Morgan fingerprint density at radius 3 is 2.44 bits per heavy atom. The number of alkyl carbamates (subject to hydrolysis) is 1. The molecule has 18 heavy (non-hydrogen) atoms. The van der Waals surface area contributed by atoms with Crippen LogP contribution in [0.1, 0.15) is 41.0 Å². The summed E-state index contributed by atoms with van der Waals surface area (Å²) in [6.45, 7) is 9.31. The van der Waals surface area contributed by atoms with Crippen LogP contribution in [0.15, 0.2) is 0 Å². The van der Waals surface area contributed by atoms with E-state index in [0.29, 0.717) is 13.0 Å². The highest BCUT2D eigenvalue weighted by molar-refractivity contribution is 5.93. The lowest BCUT2D eigenvalue weighted by Crippen LogP contribution is -2.37. The summed E-state index contributed by atoms with van der Waals surface area (Å²) < 4.78 is 5.08. The second kappa shape index (κ2) is 7.59. The van der Waals surface area contributed by atoms with Crippen molar-refractivity contribution in [3.05, 3.63) is 0 Å². The van der Waals surface area contributed by atoms with Gasteiger partial charge in [0.05, 0.1) is 0 Å². The van der Waals surface area contributed by atoms with Crippen LogP contribution in [-0.2, 0) is 9.53 Å². The molecule has 0 heterocycles. The van der Waals surface area contributed by atoms with Crippen LogP contribution in [0.25, 0.3) is 0 Å². The molecule has 2 N–H and O–H groups in total. The molecule has 0 aromatic rings. The normalized spacial score (nSPS) is 11.8. The largest absolute Gasteiger partial charge is 0.444 e. The van der Waals surface area contributed by atoms with Gasteiger partial charge in [0.25, 0.3) is 5.91 Å². The van der Waals surface area contributed by atoms with Crippen LogP contribution < -0.4 is 10.6 Å². The fourth-order valence-electron chi connectivity index (χ4n) is 1.15. The molecular formula is C13H22N2O3. The van der Waals surface area contributed by atoms with Crippen LogP contribution >= 0.6 is 0 Å². The number of hydrogen-bond acceptors (Lipinski definition) is 3. The van der Waals surface area contributed by atoms with Gasteiger partial charge in [-0.05, 0) is 47.0 Å². The van der Waals surface area contributed by atoms with Gasteiger partial charge in [0.15, 0.2) is 0 Å². The second-order valence-electron chi connectivity index (χ2n) is 4.97. The molecule has 0 radical (unpaired) electrons. The van der Waals surface area contributed by atoms with Crippen molar-refractivity contribution in [3.8, 4) is 11.8 Å². The van der Waals surface area contributed by atoms with Crippen LogP contribution in [0.2, 0.25) is 0 Å². The van der Waals surface area contributed by atoms with Gasteiger partial charge in [-0.1, -0.05) is 5.92 Å². The van der Waals surface area contributed by atoms with Crippen LogP contribution in [0.5, 0.6) is 0 Å². The van der Waals surface area contributed by atoms with Gasteiger partial charge in [0, 0.05) is 12.6 Å². The standard InChI is InChI=1S/C13H22N2O3/c1-6-7-11(16)15-10(2)8-9-14-12(17)18-13(3,4)5/h10H,8-9H2,1-5H3,(H,14,17)(H,15,16). The van der Waals surface area contributed by atoms with Crippen LogP contribution in [0, 0.1) is 11.8 Å². The Kier molecular flexibility index (Phi) is 6.88. The Morgan fingerprint density at radius 1 is 1.33 bits per heavy atom. The van der Waals surface area contributed by atoms with Crippen molar-refractivity contribution in [2.75, 3.05) is 6.54 Å². The minimum atomic E-state index is -0.499. The summed E-state index contributed by atoms with van der Waals surface area (Å²) in [5, 5.41) is 5.32. The number of carbonyl (C=O) groups is 2. The molecule has 0 saturated carbocycles. The lowest BCUT2D eigenvalue weighted by molar-refractivity contribution is -0.116. The van der Waals surface area contributed by atoms with Gasteiger partial charge >= 0.3 is 6.09 Å². The highest BCUT2D eigenvalue weighted by Gasteiger charge is 2.15. The molecule has 0 saturated heterocycles. The Bertz CT molecular complexity index is 347. The minimum absolute atomic E-state index is 0.0479. The molecule has 0 aliphatic rings. The monoisotopic (exact) mass is 254 g/mol. The van der Waals surface area contributed by atoms with Crippen molar-refractivity contribution in [2.24, 2.45) is 0 Å². The van der Waals surface area contributed by atoms with E-state index in [-0.39, 0.29) is 11.9 Å². The summed E-state index contributed by atoms with van der Waals surface area (Å²) in [6.07, 6.45) is 0.172. The molecule has 102 valence electrons. The molecule has 0 aromatic heterocycles. The first-order valence-electron chi connectivity index (χ1n) is 5.94. The van der Waals surface area contributed by atoms with E-state index in [4.69, 9.17) is 4.74 Å². The van der Waals surface area contributed by atoms with Gasteiger partial charge in [-0.2, -0.15) is 0 Å². The third-order valence-electron chi connectivity index (χ3n) is 1.86. The highest BCUT2D eigenvalue weighted by Crippen LogP contribution is 2.06. The quantitative estimate of drug-likeness (QED) is 0.746. The first kappa shape index (κ1) is 16.3. The van der Waals surface area contributed by atoms with Crippen LogP contribution in [0.3, 0.4) is 0 Å². The SMILES string of the molecule is CC#CC(=O)NC(C)CCNC(=O)OC(C)(C)C. The molecule has 0 bridgehead atoms. The molecule has 5 heteroatoms. The van der Waals surface area contributed by atoms with Crippen LogP contribution in [0.4, 0.5) is 4.79 Å². The molecule has 5 nitrogen and oxygen atoms in total. The predicted octanol–water partition coefficient (Wildman–Crippen LogP) is 1.43. The van der Waals surface area contributed by atoms with Crippen molar-refractivity contribution < 1.29 is 14.3 Å². The summed E-state index contributed by atoms with van der Waals surface area (Å²) in [4.78, 5) is 22.5. The molecule has 0 spiro atoms. The lowest BCUT2D eigenvalue weighted by atomic mass is 10.2. The number of ether oxygens (including phenoxy) is 1. The number of amides is 2. The Hall–Kier alpha value is -1.70. The molecular weight excluding hydrogens is 232 g/mol. The molecule has 0 rings (SSSR count). The van der Waals surface area contributed by atoms with Crippen molar-refractivity contribution >= 4 is 12.0 Å². The predicted molar refractivity (Wildman–Crippen MR) is 69.9 cm³/mol. The number of nitrogens with one attached hydrogen (secondary N) is 2. The molecule has 0 aliphatic heterocycles. The minimum Gasteiger partial charge on any atom is -0.444 e. The van der Waals surface area contributed by atoms with E-state index in [1.165, 1.54) is 0 Å². The topological polar surface area (TPSA) is 67.4 Å². The van der Waals surface area contributed by atoms with Gasteiger partial charge in [0.1, 0.15) is 5.60 Å². The third kappa shape index (κ3) is 9.52. The number of carbonyl (C=O) groups excluding carboxylic acids is 2. The van der Waals surface area contributed by atoms with Crippen molar-refractivity contribution in [3.63, 3.8) is 0 Å². The zero-order valence-electron chi connectivity index (χ0n) is 11.7. The molecule has 2 amide bonds. The van der Waals surface area contributed by atoms with Gasteiger partial charge in [0.2, 0.25) is 0 Å². The highest BCUT2D eigenvalue weighted by atomic mass is 16.6. The first-order chi connectivity index (χ1) is 8.24. The van der Waals surface area contributed by atoms with E-state index < -0.39 is 11.7 Å². The Morgan fingerprint density at radius 2 is 1.94 bits per heavy atom. The van der Waals surface area contributed by atoms with E-state index in [2.05, 4.69) is 22.5 Å². The van der Waals surface area contributed by atoms with E-state index in [1.54, 1.807) is 27.7 Å². The summed E-state index contributed by atoms with van der Waals surface area (Å²) in [5.41, 5.74) is -0.499. The van der Waals surface area contributed by atoms with E-state index >= 15 is 0 Å². The Labute approximate surface area is 109 Å². The summed E-state index contributed by atoms with van der Waals surface area (Å²) >= 11 is 0. The first-order valence-corrected chi connectivity index (χ1v) is 5.94. The van der Waals surface area contributed by atoms with Crippen molar-refractivity contribution in [2.45, 2.75) is 52.7 Å². The second-order valence-corrected chi connectivity index (χ2v) is 4.97. The van der Waals surface area contributed by atoms with Gasteiger partial charge < -0.3 is 15.4 Å². The maximum Gasteiger partial charge on any atom is 0.407 e. The molecule has 0 fully saturated rings. The van der Waals surface area contributed by atoms with Crippen molar-refractivity contribution in [1.82, 2.24) is 10.6 Å². The lowest BCUT2D eigenvalue weighted by Gasteiger charge is -2.20. The maximum atomic E-state index is 11.3. The van der Waals surface area contributed by atoms with E-state index in [0.717, 1.165) is 0 Å². The average molecular weight is 254 g/mol. The number of rotatable bonds is 4. The van der Waals surface area contributed by atoms with Gasteiger partial charge in [-0.25, -0.2) is 4.79 Å². The molecule has 1 unspecified atom stereocenters. The van der Waals surface area contributed by atoms with Crippen molar-refractivity contribution in [1.29, 1.82) is 0 Å². The zero-order chi connectivity index (χ0) is 14.2. The average Bonchev–Trinajstić information content (AvgIpc) is 2.14. The smallest absolute Gasteiger partial charge is 0.407 e. The summed E-state index contributed by atoms with van der Waals surface area (Å²) in [6, 6.07) is -0.0479. The zero-order valence-corrected chi connectivity index (χ0v) is 11.7. The molecule has 0 aliphatic carbocycles. The van der Waals surface area contributed by atoms with Crippen LogP contribution in [-0.4, -0.2) is 30.2 Å². The van der Waals surface area contributed by atoms with Gasteiger partial charge in [-0.3, -0.25) is 4.79 Å².